The summed E-state index contributed by atoms with van der Waals surface area (Å²) in [6.07, 6.45) is 0. The number of para-hydroxylation sites is 1. The van der Waals surface area contributed by atoms with E-state index >= 15 is 0 Å². The second kappa shape index (κ2) is 5.40. The Morgan fingerprint density at radius 3 is 2.15 bits per heavy atom. The molecule has 4 heteroatoms. The molecule has 0 amide bonds. The molecule has 2 N–H and O–H groups in total. The van der Waals surface area contributed by atoms with Gasteiger partial charge in [-0.15, -0.1) is 10.2 Å². The summed E-state index contributed by atoms with van der Waals surface area (Å²) in [7, 11) is 0. The molecule has 2 aromatic carbocycles. The number of nitrogens with zero attached hydrogens (tertiary/aromatic N) is 2. The highest BCUT2D eigenvalue weighted by atomic mass is 16.3. The number of nitrogens with one attached hydrogen (secondary N) is 1. The first kappa shape index (κ1) is 12.2. The summed E-state index contributed by atoms with van der Waals surface area (Å²) in [5, 5.41) is 20.8. The zero-order chi connectivity index (χ0) is 13.8. The Morgan fingerprint density at radius 1 is 0.750 bits per heavy atom. The van der Waals surface area contributed by atoms with E-state index in [1.165, 1.54) is 0 Å². The van der Waals surface area contributed by atoms with Gasteiger partial charge in [0.15, 0.2) is 5.82 Å². The third kappa shape index (κ3) is 2.75. The van der Waals surface area contributed by atoms with Gasteiger partial charge in [0.25, 0.3) is 0 Å². The van der Waals surface area contributed by atoms with Crippen molar-refractivity contribution in [3.63, 3.8) is 0 Å². The van der Waals surface area contributed by atoms with Crippen LogP contribution in [0.4, 0.5) is 11.5 Å². The number of hydrogen-bond donors (Lipinski definition) is 2. The van der Waals surface area contributed by atoms with Crippen molar-refractivity contribution in [2.45, 2.75) is 0 Å². The van der Waals surface area contributed by atoms with E-state index in [4.69, 9.17) is 0 Å². The van der Waals surface area contributed by atoms with Crippen LogP contribution in [0.5, 0.6) is 5.75 Å². The van der Waals surface area contributed by atoms with Gasteiger partial charge in [-0.1, -0.05) is 18.2 Å². The lowest BCUT2D eigenvalue weighted by Gasteiger charge is -2.05. The van der Waals surface area contributed by atoms with Crippen LogP contribution >= 0.6 is 0 Å². The molecule has 3 aromatic rings. The summed E-state index contributed by atoms with van der Waals surface area (Å²) in [6, 6.07) is 20.5. The van der Waals surface area contributed by atoms with Gasteiger partial charge >= 0.3 is 0 Å². The van der Waals surface area contributed by atoms with Crippen molar-refractivity contribution in [2.75, 3.05) is 5.32 Å². The second-order valence-electron chi connectivity index (χ2n) is 4.34. The number of rotatable bonds is 3. The molecule has 0 atom stereocenters. The summed E-state index contributed by atoms with van der Waals surface area (Å²) in [4.78, 5) is 0. The smallest absolute Gasteiger partial charge is 0.153 e. The zero-order valence-corrected chi connectivity index (χ0v) is 10.7. The van der Waals surface area contributed by atoms with Gasteiger partial charge in [-0.2, -0.15) is 0 Å². The first-order valence-corrected chi connectivity index (χ1v) is 6.26. The van der Waals surface area contributed by atoms with Crippen molar-refractivity contribution in [2.24, 2.45) is 0 Å². The van der Waals surface area contributed by atoms with Crippen LogP contribution < -0.4 is 5.32 Å². The van der Waals surface area contributed by atoms with Crippen LogP contribution in [0.2, 0.25) is 0 Å². The van der Waals surface area contributed by atoms with Gasteiger partial charge in [0.1, 0.15) is 5.75 Å². The molecule has 0 aliphatic rings. The minimum Gasteiger partial charge on any atom is -0.508 e. The zero-order valence-electron chi connectivity index (χ0n) is 10.7. The topological polar surface area (TPSA) is 58.0 Å². The Balaban J connectivity index is 1.79. The molecule has 0 bridgehead atoms. The quantitative estimate of drug-likeness (QED) is 0.758. The number of phenols is 1. The largest absolute Gasteiger partial charge is 0.508 e. The Labute approximate surface area is 116 Å². The van der Waals surface area contributed by atoms with Crippen LogP contribution in [0, 0.1) is 0 Å². The Kier molecular flexibility index (Phi) is 3.29. The van der Waals surface area contributed by atoms with E-state index in [0.29, 0.717) is 5.82 Å². The molecule has 0 spiro atoms. The minimum absolute atomic E-state index is 0.240. The van der Waals surface area contributed by atoms with Crippen LogP contribution in [0.15, 0.2) is 66.7 Å². The fourth-order valence-electron chi connectivity index (χ4n) is 1.85. The third-order valence-electron chi connectivity index (χ3n) is 2.87. The number of anilines is 2. The lowest BCUT2D eigenvalue weighted by molar-refractivity contribution is 0.475. The summed E-state index contributed by atoms with van der Waals surface area (Å²) >= 11 is 0. The minimum atomic E-state index is 0.240. The molecule has 1 heterocycles. The second-order valence-corrected chi connectivity index (χ2v) is 4.34. The number of hydrogen-bond acceptors (Lipinski definition) is 4. The fourth-order valence-corrected chi connectivity index (χ4v) is 1.85. The fraction of sp³-hybridized carbons (Fsp3) is 0. The molecule has 0 radical (unpaired) electrons. The van der Waals surface area contributed by atoms with Crippen LogP contribution in [0.3, 0.4) is 0 Å². The van der Waals surface area contributed by atoms with Gasteiger partial charge in [0.2, 0.25) is 0 Å². The van der Waals surface area contributed by atoms with Gasteiger partial charge in [0.05, 0.1) is 5.69 Å². The molecule has 0 aliphatic heterocycles. The molecule has 20 heavy (non-hydrogen) atoms. The average Bonchev–Trinajstić information content (AvgIpc) is 2.50. The highest BCUT2D eigenvalue weighted by molar-refractivity contribution is 5.62. The first-order valence-electron chi connectivity index (χ1n) is 6.26. The summed E-state index contributed by atoms with van der Waals surface area (Å²) in [5.74, 6) is 0.933. The molecule has 0 fully saturated rings. The molecule has 4 nitrogen and oxygen atoms in total. The summed E-state index contributed by atoms with van der Waals surface area (Å²) in [6.45, 7) is 0. The van der Waals surface area contributed by atoms with Crippen LogP contribution in [0.1, 0.15) is 0 Å². The number of phenolic OH excluding ortho intramolecular Hbond substituents is 1. The van der Waals surface area contributed by atoms with E-state index < -0.39 is 0 Å². The summed E-state index contributed by atoms with van der Waals surface area (Å²) in [5.41, 5.74) is 2.66. The van der Waals surface area contributed by atoms with Crippen molar-refractivity contribution in [1.82, 2.24) is 10.2 Å². The third-order valence-corrected chi connectivity index (χ3v) is 2.87. The van der Waals surface area contributed by atoms with E-state index in [9.17, 15) is 5.11 Å². The van der Waals surface area contributed by atoms with Gasteiger partial charge in [-0.3, -0.25) is 0 Å². The highest BCUT2D eigenvalue weighted by Gasteiger charge is 2.01. The first-order chi connectivity index (χ1) is 9.81. The van der Waals surface area contributed by atoms with Crippen LogP contribution in [-0.4, -0.2) is 15.3 Å². The molecule has 0 aliphatic carbocycles. The van der Waals surface area contributed by atoms with Gasteiger partial charge < -0.3 is 10.4 Å². The lowest BCUT2D eigenvalue weighted by atomic mass is 10.1. The van der Waals surface area contributed by atoms with Crippen LogP contribution in [0.25, 0.3) is 11.3 Å². The Bertz CT molecular complexity index is 679. The molecule has 98 valence electrons. The van der Waals surface area contributed by atoms with Crippen molar-refractivity contribution in [3.05, 3.63) is 66.7 Å². The van der Waals surface area contributed by atoms with E-state index in [2.05, 4.69) is 15.5 Å². The molecule has 1 aromatic heterocycles. The van der Waals surface area contributed by atoms with E-state index in [1.54, 1.807) is 12.1 Å². The average molecular weight is 263 g/mol. The van der Waals surface area contributed by atoms with E-state index in [-0.39, 0.29) is 5.75 Å². The maximum Gasteiger partial charge on any atom is 0.153 e. The van der Waals surface area contributed by atoms with Crippen molar-refractivity contribution < 1.29 is 5.11 Å². The van der Waals surface area contributed by atoms with Gasteiger partial charge in [0, 0.05) is 11.3 Å². The Morgan fingerprint density at radius 2 is 1.50 bits per heavy atom. The lowest BCUT2D eigenvalue weighted by Crippen LogP contribution is -1.96. The van der Waals surface area contributed by atoms with Crippen molar-refractivity contribution in [3.8, 4) is 17.0 Å². The maximum atomic E-state index is 9.27. The molecule has 0 unspecified atom stereocenters. The van der Waals surface area contributed by atoms with Crippen molar-refractivity contribution >= 4 is 11.5 Å². The van der Waals surface area contributed by atoms with Gasteiger partial charge in [-0.25, -0.2) is 0 Å². The normalized spacial score (nSPS) is 10.2. The SMILES string of the molecule is Oc1ccc(-c2ccc(Nc3ccccc3)nn2)cc1. The van der Waals surface area contributed by atoms with E-state index in [0.717, 1.165) is 16.9 Å². The highest BCUT2D eigenvalue weighted by Crippen LogP contribution is 2.21. The summed E-state index contributed by atoms with van der Waals surface area (Å²) < 4.78 is 0. The molecule has 0 saturated carbocycles. The molecule has 3 rings (SSSR count). The van der Waals surface area contributed by atoms with E-state index in [1.807, 2.05) is 54.6 Å². The molecule has 0 saturated heterocycles. The standard InChI is InChI=1S/C16H13N3O/c20-14-8-6-12(7-9-14)15-10-11-16(19-18-15)17-13-4-2-1-3-5-13/h1-11,20H,(H,17,19). The number of aromatic nitrogens is 2. The monoisotopic (exact) mass is 263 g/mol. The van der Waals surface area contributed by atoms with Gasteiger partial charge in [-0.05, 0) is 48.5 Å². The molecular weight excluding hydrogens is 250 g/mol. The predicted molar refractivity (Wildman–Crippen MR) is 78.9 cm³/mol. The maximum absolute atomic E-state index is 9.27. The molecular formula is C16H13N3O. The Hall–Kier alpha value is -2.88. The van der Waals surface area contributed by atoms with Crippen LogP contribution in [-0.2, 0) is 0 Å². The number of aromatic hydroxyl groups is 1. The number of benzene rings is 2. The van der Waals surface area contributed by atoms with Crippen molar-refractivity contribution in [1.29, 1.82) is 0 Å². The predicted octanol–water partition coefficient (Wildman–Crippen LogP) is 3.59.